The lowest BCUT2D eigenvalue weighted by Crippen LogP contribution is -2.55. The molecule has 3 fully saturated rings. The molecule has 0 amide bonds. The van der Waals surface area contributed by atoms with Crippen LogP contribution >= 0.6 is 0 Å². The molecule has 3 heterocycles. The minimum absolute atomic E-state index is 0.0102. The zero-order valence-corrected chi connectivity index (χ0v) is 24.4. The van der Waals surface area contributed by atoms with Crippen molar-refractivity contribution in [2.24, 2.45) is 0 Å². The van der Waals surface area contributed by atoms with Crippen LogP contribution in [0.15, 0.2) is 18.2 Å². The van der Waals surface area contributed by atoms with Gasteiger partial charge in [-0.05, 0) is 19.9 Å². The van der Waals surface area contributed by atoms with Gasteiger partial charge in [0.2, 0.25) is 0 Å². The highest BCUT2D eigenvalue weighted by atomic mass is 16.7. The Hall–Kier alpha value is -3.43. The number of phenolic OH excluding ortho intramolecular Hbond substituents is 2. The van der Waals surface area contributed by atoms with Crippen LogP contribution in [0.1, 0.15) is 75.8 Å². The summed E-state index contributed by atoms with van der Waals surface area (Å²) in [6.45, 7) is 4.11. The summed E-state index contributed by atoms with van der Waals surface area (Å²) >= 11 is 0. The fourth-order valence-corrected chi connectivity index (χ4v) is 7.49. The molecule has 8 atom stereocenters. The Labute approximate surface area is 252 Å². The molecule has 7 rings (SSSR count). The second-order valence-electron chi connectivity index (χ2n) is 12.1. The van der Waals surface area contributed by atoms with Crippen molar-refractivity contribution in [3.05, 3.63) is 51.6 Å². The SMILES string of the molecule is CO[C@H]1OCCN2C3C[C@H](O[C@H]4C[C@](O)(C(C)=O)Cc5c(O)c6c(c(O)c54)C(=O)c4c(N)cccc4C6=O)O[C@@H](C)[C@H]3O[C@H]12. The maximum Gasteiger partial charge on any atom is 0.200 e. The Kier molecular flexibility index (Phi) is 6.86. The van der Waals surface area contributed by atoms with Crippen molar-refractivity contribution >= 4 is 23.0 Å². The van der Waals surface area contributed by atoms with Crippen LogP contribution in [0.4, 0.5) is 5.69 Å². The number of ether oxygens (including phenoxy) is 5. The fourth-order valence-electron chi connectivity index (χ4n) is 7.49. The smallest absolute Gasteiger partial charge is 0.200 e. The largest absolute Gasteiger partial charge is 0.507 e. The number of aromatic hydroxyl groups is 2. The van der Waals surface area contributed by atoms with Gasteiger partial charge in [0.25, 0.3) is 0 Å². The summed E-state index contributed by atoms with van der Waals surface area (Å²) in [4.78, 5) is 42.1. The number of hydrogen-bond donors (Lipinski definition) is 4. The average molecular weight is 611 g/mol. The molecule has 44 heavy (non-hydrogen) atoms. The number of methoxy groups -OCH3 is 1. The first-order chi connectivity index (χ1) is 20.9. The summed E-state index contributed by atoms with van der Waals surface area (Å²) in [6.07, 6.45) is -4.14. The third-order valence-corrected chi connectivity index (χ3v) is 9.69. The number of nitrogens with zero attached hydrogens (tertiary/aromatic N) is 1. The van der Waals surface area contributed by atoms with E-state index in [1.165, 1.54) is 25.1 Å². The lowest BCUT2D eigenvalue weighted by molar-refractivity contribution is -0.256. The lowest BCUT2D eigenvalue weighted by atomic mass is 9.72. The van der Waals surface area contributed by atoms with E-state index in [9.17, 15) is 29.7 Å². The van der Waals surface area contributed by atoms with Crippen LogP contribution in [-0.2, 0) is 34.9 Å². The standard InChI is InChI=1S/C31H34N2O11/c1-12-28-17(33-7-8-41-30(40-3)29(33)44-28)9-19(42-12)43-18-11-31(39,13(2)34)10-15-21(18)27(38)23-22(25(15)36)24(35)14-5-4-6-16(32)20(14)26(23)37/h4-6,12,17-19,28-30,36,38-39H,7-11,32H2,1-3H3/t12-,17?,18-,19-,28+,29+,30-,31-/m0/s1. The maximum absolute atomic E-state index is 13.7. The summed E-state index contributed by atoms with van der Waals surface area (Å²) in [5.74, 6) is -3.20. The second-order valence-corrected chi connectivity index (χ2v) is 12.1. The van der Waals surface area contributed by atoms with Crippen LogP contribution in [0.25, 0.3) is 0 Å². The molecule has 5 aliphatic rings. The predicted molar refractivity (Wildman–Crippen MR) is 150 cm³/mol. The summed E-state index contributed by atoms with van der Waals surface area (Å²) in [7, 11) is 1.55. The number of benzene rings is 2. The van der Waals surface area contributed by atoms with Gasteiger partial charge in [-0.15, -0.1) is 0 Å². The van der Waals surface area contributed by atoms with Gasteiger partial charge in [0, 0.05) is 61.3 Å². The molecule has 0 aromatic heterocycles. The Bertz CT molecular complexity index is 1590. The number of ketones is 3. The van der Waals surface area contributed by atoms with Crippen molar-refractivity contribution in [1.82, 2.24) is 4.90 Å². The van der Waals surface area contributed by atoms with E-state index in [2.05, 4.69) is 4.90 Å². The number of nitrogen functional groups attached to an aromatic ring is 1. The van der Waals surface area contributed by atoms with Gasteiger partial charge in [0.05, 0.1) is 35.5 Å². The summed E-state index contributed by atoms with van der Waals surface area (Å²) in [5.41, 5.74) is 3.19. The molecule has 13 nitrogen and oxygen atoms in total. The van der Waals surface area contributed by atoms with Crippen LogP contribution < -0.4 is 5.73 Å². The third-order valence-electron chi connectivity index (χ3n) is 9.69. The molecule has 0 bridgehead atoms. The number of hydrogen-bond acceptors (Lipinski definition) is 13. The van der Waals surface area contributed by atoms with Gasteiger partial charge in [-0.2, -0.15) is 0 Å². The monoisotopic (exact) mass is 610 g/mol. The highest BCUT2D eigenvalue weighted by Crippen LogP contribution is 2.52. The maximum atomic E-state index is 13.7. The Morgan fingerprint density at radius 1 is 1.11 bits per heavy atom. The van der Waals surface area contributed by atoms with Gasteiger partial charge >= 0.3 is 0 Å². The molecule has 0 saturated carbocycles. The molecular weight excluding hydrogens is 576 g/mol. The number of fused-ring (bicyclic) bond motifs is 6. The number of aliphatic hydroxyl groups is 1. The van der Waals surface area contributed by atoms with Crippen LogP contribution in [0.3, 0.4) is 0 Å². The molecule has 234 valence electrons. The summed E-state index contributed by atoms with van der Waals surface area (Å²) in [5, 5.41) is 34.6. The average Bonchev–Trinajstić information content (AvgIpc) is 3.37. The number of morpholine rings is 1. The summed E-state index contributed by atoms with van der Waals surface area (Å²) in [6, 6.07) is 4.27. The van der Waals surface area contributed by atoms with Crippen molar-refractivity contribution in [3.8, 4) is 11.5 Å². The van der Waals surface area contributed by atoms with Gasteiger partial charge in [0.1, 0.15) is 23.2 Å². The molecule has 2 aliphatic carbocycles. The Morgan fingerprint density at radius 3 is 2.59 bits per heavy atom. The molecule has 3 saturated heterocycles. The van der Waals surface area contributed by atoms with E-state index < -0.39 is 83.0 Å². The quantitative estimate of drug-likeness (QED) is 0.245. The first-order valence-electron chi connectivity index (χ1n) is 14.6. The molecule has 0 radical (unpaired) electrons. The van der Waals surface area contributed by atoms with Gasteiger partial charge < -0.3 is 44.7 Å². The number of carbonyl (C=O) groups excluding carboxylic acids is 3. The van der Waals surface area contributed by atoms with E-state index in [-0.39, 0.29) is 46.5 Å². The van der Waals surface area contributed by atoms with E-state index in [4.69, 9.17) is 29.4 Å². The number of carbonyl (C=O) groups is 3. The van der Waals surface area contributed by atoms with Gasteiger partial charge in [-0.25, -0.2) is 0 Å². The first kappa shape index (κ1) is 29.3. The molecule has 13 heteroatoms. The van der Waals surface area contributed by atoms with Gasteiger partial charge in [0.15, 0.2) is 36.2 Å². The molecule has 0 spiro atoms. The Morgan fingerprint density at radius 2 is 1.86 bits per heavy atom. The van der Waals surface area contributed by atoms with Crippen LogP contribution in [0.2, 0.25) is 0 Å². The topological polar surface area (TPSA) is 187 Å². The second kappa shape index (κ2) is 10.3. The molecule has 1 unspecified atom stereocenters. The van der Waals surface area contributed by atoms with E-state index in [0.717, 1.165) is 0 Å². The van der Waals surface area contributed by atoms with Crippen molar-refractivity contribution in [3.63, 3.8) is 0 Å². The molecule has 2 aromatic carbocycles. The lowest BCUT2D eigenvalue weighted by Gasteiger charge is -2.43. The highest BCUT2D eigenvalue weighted by molar-refractivity contribution is 6.32. The summed E-state index contributed by atoms with van der Waals surface area (Å²) < 4.78 is 30.0. The van der Waals surface area contributed by atoms with E-state index >= 15 is 0 Å². The molecule has 2 aromatic rings. The van der Waals surface area contributed by atoms with Crippen LogP contribution in [0.5, 0.6) is 11.5 Å². The first-order valence-corrected chi connectivity index (χ1v) is 14.6. The number of nitrogens with two attached hydrogens (primary N) is 1. The van der Waals surface area contributed by atoms with E-state index in [0.29, 0.717) is 19.6 Å². The van der Waals surface area contributed by atoms with Crippen molar-refractivity contribution < 1.29 is 53.4 Å². The number of rotatable bonds is 4. The molecule has 3 aliphatic heterocycles. The minimum atomic E-state index is -1.99. The Balaban J connectivity index is 1.29. The number of Topliss-reactive ketones (excluding diaryl/α,β-unsaturated/α-hetero) is 1. The van der Waals surface area contributed by atoms with Gasteiger partial charge in [-0.1, -0.05) is 12.1 Å². The molecule has 5 N–H and O–H groups in total. The molecular formula is C31H34N2O11. The minimum Gasteiger partial charge on any atom is -0.507 e. The van der Waals surface area contributed by atoms with Crippen molar-refractivity contribution in [2.75, 3.05) is 26.0 Å². The van der Waals surface area contributed by atoms with Crippen molar-refractivity contribution in [2.45, 2.75) is 81.9 Å². The highest BCUT2D eigenvalue weighted by Gasteiger charge is 2.55. The van der Waals surface area contributed by atoms with Crippen LogP contribution in [0, 0.1) is 0 Å². The third kappa shape index (κ3) is 4.15. The zero-order valence-electron chi connectivity index (χ0n) is 24.4. The van der Waals surface area contributed by atoms with E-state index in [1.54, 1.807) is 7.11 Å². The van der Waals surface area contributed by atoms with E-state index in [1.807, 2.05) is 6.92 Å². The van der Waals surface area contributed by atoms with Crippen LogP contribution in [-0.4, -0.2) is 100 Å². The fraction of sp³-hybridized carbons (Fsp3) is 0.516. The number of anilines is 1. The predicted octanol–water partition coefficient (Wildman–Crippen LogP) is 1.31. The normalized spacial score (nSPS) is 34.5. The zero-order chi connectivity index (χ0) is 31.2. The number of phenols is 2. The van der Waals surface area contributed by atoms with Crippen molar-refractivity contribution in [1.29, 1.82) is 0 Å². The van der Waals surface area contributed by atoms with Gasteiger partial charge in [-0.3, -0.25) is 19.3 Å².